The van der Waals surface area contributed by atoms with Gasteiger partial charge in [0.2, 0.25) is 10.0 Å². The average molecular weight is 515 g/mol. The molecule has 190 valence electrons. The van der Waals surface area contributed by atoms with E-state index in [-0.39, 0.29) is 61.1 Å². The third-order valence-corrected chi connectivity index (χ3v) is 7.88. The summed E-state index contributed by atoms with van der Waals surface area (Å²) in [5.74, 6) is -0.564. The van der Waals surface area contributed by atoms with Crippen LogP contribution in [0.4, 0.5) is 24.5 Å². The zero-order valence-corrected chi connectivity index (χ0v) is 20.0. The van der Waals surface area contributed by atoms with Gasteiger partial charge in [0.15, 0.2) is 0 Å². The summed E-state index contributed by atoms with van der Waals surface area (Å²) in [5, 5.41) is 11.7. The van der Waals surface area contributed by atoms with E-state index < -0.39 is 32.6 Å². The number of carbonyl (C=O) groups excluding carboxylic acids is 1. The van der Waals surface area contributed by atoms with Crippen molar-refractivity contribution in [2.45, 2.75) is 24.9 Å². The number of nitro benzene ring substituents is 1. The van der Waals surface area contributed by atoms with Gasteiger partial charge in [-0.05, 0) is 30.3 Å². The first kappa shape index (κ1) is 26.4. The highest BCUT2D eigenvalue weighted by molar-refractivity contribution is 7.89. The summed E-state index contributed by atoms with van der Waals surface area (Å²) in [7, 11) is -3.89. The summed E-state index contributed by atoms with van der Waals surface area (Å²) < 4.78 is 65.7. The molecule has 2 aromatic rings. The number of hydrogen-bond donors (Lipinski definition) is 0. The Labute approximate surface area is 200 Å². The van der Waals surface area contributed by atoms with Gasteiger partial charge in [-0.15, -0.1) is 0 Å². The second-order valence-electron chi connectivity index (χ2n) is 7.85. The molecule has 1 aliphatic heterocycles. The summed E-state index contributed by atoms with van der Waals surface area (Å²) in [6.07, 6.45) is -4.57. The van der Waals surface area contributed by atoms with E-state index in [4.69, 9.17) is 0 Å². The van der Waals surface area contributed by atoms with Crippen molar-refractivity contribution < 1.29 is 31.3 Å². The van der Waals surface area contributed by atoms with Gasteiger partial charge in [0.25, 0.3) is 11.6 Å². The number of sulfonamides is 1. The Bertz CT molecular complexity index is 1210. The van der Waals surface area contributed by atoms with Crippen molar-refractivity contribution in [2.75, 3.05) is 44.2 Å². The summed E-state index contributed by atoms with van der Waals surface area (Å²) in [6.45, 7) is 4.42. The minimum atomic E-state index is -4.57. The number of alkyl halides is 3. The van der Waals surface area contributed by atoms with Gasteiger partial charge < -0.3 is 9.80 Å². The smallest absolute Gasteiger partial charge is 0.362 e. The molecule has 0 saturated carbocycles. The van der Waals surface area contributed by atoms with Crippen LogP contribution in [0.25, 0.3) is 0 Å². The Kier molecular flexibility index (Phi) is 7.70. The summed E-state index contributed by atoms with van der Waals surface area (Å²) in [6, 6.07) is 7.89. The molecule has 1 aliphatic rings. The molecule has 35 heavy (non-hydrogen) atoms. The number of benzene rings is 2. The molecule has 0 N–H and O–H groups in total. The number of anilines is 1. The van der Waals surface area contributed by atoms with Crippen LogP contribution in [0.15, 0.2) is 47.4 Å². The number of carbonyl (C=O) groups is 1. The van der Waals surface area contributed by atoms with E-state index >= 15 is 0 Å². The quantitative estimate of drug-likeness (QED) is 0.413. The molecule has 1 heterocycles. The fraction of sp³-hybridized carbons (Fsp3) is 0.409. The van der Waals surface area contributed by atoms with Crippen LogP contribution in [0.3, 0.4) is 0 Å². The molecule has 0 spiro atoms. The Balaban J connectivity index is 1.79. The normalized spacial score (nSPS) is 14.9. The molecule has 0 aliphatic carbocycles. The van der Waals surface area contributed by atoms with Crippen LogP contribution in [0.1, 0.15) is 29.8 Å². The molecular formula is C22H25F3N4O5S. The van der Waals surface area contributed by atoms with Crippen molar-refractivity contribution >= 4 is 27.3 Å². The standard InChI is InChI=1S/C22H25F3N4O5S/c1-3-28(4-2)35(33,34)18-8-9-19(20(15-18)29(31)32)26-10-12-27(13-11-26)21(30)16-6-5-7-17(14-16)22(23,24)25/h5-9,14-15H,3-4,10-13H2,1-2H3. The molecule has 0 radical (unpaired) electrons. The van der Waals surface area contributed by atoms with Crippen molar-refractivity contribution in [3.63, 3.8) is 0 Å². The van der Waals surface area contributed by atoms with Gasteiger partial charge in [0.1, 0.15) is 5.69 Å². The number of piperazine rings is 1. The Morgan fingerprint density at radius 1 is 1.06 bits per heavy atom. The maximum absolute atomic E-state index is 13.0. The molecular weight excluding hydrogens is 489 g/mol. The van der Waals surface area contributed by atoms with Crippen molar-refractivity contribution in [1.29, 1.82) is 0 Å². The summed E-state index contributed by atoms with van der Waals surface area (Å²) in [4.78, 5) is 26.7. The van der Waals surface area contributed by atoms with Gasteiger partial charge in [-0.25, -0.2) is 8.42 Å². The van der Waals surface area contributed by atoms with Crippen LogP contribution >= 0.6 is 0 Å². The molecule has 0 unspecified atom stereocenters. The second-order valence-corrected chi connectivity index (χ2v) is 9.79. The monoisotopic (exact) mass is 514 g/mol. The number of halogens is 3. The highest BCUT2D eigenvalue weighted by atomic mass is 32.2. The van der Waals surface area contributed by atoms with Crippen molar-refractivity contribution in [3.05, 3.63) is 63.7 Å². The summed E-state index contributed by atoms with van der Waals surface area (Å²) in [5.41, 5.74) is -1.18. The molecule has 0 atom stereocenters. The summed E-state index contributed by atoms with van der Waals surface area (Å²) >= 11 is 0. The van der Waals surface area contributed by atoms with Gasteiger partial charge in [0, 0.05) is 50.9 Å². The molecule has 0 bridgehead atoms. The van der Waals surface area contributed by atoms with Crippen molar-refractivity contribution in [2.24, 2.45) is 0 Å². The third kappa shape index (κ3) is 5.56. The minimum absolute atomic E-state index is 0.0924. The molecule has 9 nitrogen and oxygen atoms in total. The highest BCUT2D eigenvalue weighted by Crippen LogP contribution is 2.33. The van der Waals surface area contributed by atoms with Crippen LogP contribution in [0.2, 0.25) is 0 Å². The van der Waals surface area contributed by atoms with Crippen molar-refractivity contribution in [3.8, 4) is 0 Å². The lowest BCUT2D eigenvalue weighted by molar-refractivity contribution is -0.384. The maximum atomic E-state index is 13.0. The van der Waals surface area contributed by atoms with Gasteiger partial charge in [0.05, 0.1) is 15.4 Å². The van der Waals surface area contributed by atoms with Gasteiger partial charge in [-0.2, -0.15) is 17.5 Å². The molecule has 0 aromatic heterocycles. The predicted octanol–water partition coefficient (Wildman–Crippen LogP) is 3.61. The fourth-order valence-corrected chi connectivity index (χ4v) is 5.43. The van der Waals surface area contributed by atoms with E-state index in [9.17, 15) is 36.5 Å². The van der Waals surface area contributed by atoms with E-state index in [1.165, 1.54) is 33.5 Å². The number of amides is 1. The number of hydrogen-bond acceptors (Lipinski definition) is 6. The zero-order valence-electron chi connectivity index (χ0n) is 19.2. The van der Waals surface area contributed by atoms with Crippen LogP contribution in [0, 0.1) is 10.1 Å². The first-order valence-electron chi connectivity index (χ1n) is 10.9. The van der Waals surface area contributed by atoms with Gasteiger partial charge in [-0.1, -0.05) is 19.9 Å². The van der Waals surface area contributed by atoms with Gasteiger partial charge >= 0.3 is 6.18 Å². The van der Waals surface area contributed by atoms with E-state index in [1.54, 1.807) is 18.7 Å². The number of nitrogens with zero attached hydrogens (tertiary/aromatic N) is 4. The van der Waals surface area contributed by atoms with E-state index in [0.717, 1.165) is 18.2 Å². The average Bonchev–Trinajstić information content (AvgIpc) is 2.83. The lowest BCUT2D eigenvalue weighted by atomic mass is 10.1. The van der Waals surface area contributed by atoms with E-state index in [2.05, 4.69) is 0 Å². The van der Waals surface area contributed by atoms with E-state index in [0.29, 0.717) is 0 Å². The second kappa shape index (κ2) is 10.2. The first-order chi connectivity index (χ1) is 16.4. The molecule has 1 fully saturated rings. The third-order valence-electron chi connectivity index (χ3n) is 5.83. The number of rotatable bonds is 7. The largest absolute Gasteiger partial charge is 0.416 e. The molecule has 2 aromatic carbocycles. The zero-order chi connectivity index (χ0) is 26.0. The lowest BCUT2D eigenvalue weighted by Gasteiger charge is -2.36. The Hall–Kier alpha value is -3.19. The molecule has 1 amide bonds. The SMILES string of the molecule is CCN(CC)S(=O)(=O)c1ccc(N2CCN(C(=O)c3cccc(C(F)(F)F)c3)CC2)c([N+](=O)[O-])c1. The van der Waals surface area contributed by atoms with Crippen LogP contribution in [-0.4, -0.2) is 67.7 Å². The van der Waals surface area contributed by atoms with Crippen LogP contribution in [-0.2, 0) is 16.2 Å². The highest BCUT2D eigenvalue weighted by Gasteiger charge is 2.33. The Morgan fingerprint density at radius 2 is 1.69 bits per heavy atom. The molecule has 3 rings (SSSR count). The predicted molar refractivity (Wildman–Crippen MR) is 123 cm³/mol. The number of nitro groups is 1. The molecule has 13 heteroatoms. The lowest BCUT2D eigenvalue weighted by Crippen LogP contribution is -2.49. The maximum Gasteiger partial charge on any atom is 0.416 e. The first-order valence-corrected chi connectivity index (χ1v) is 12.3. The van der Waals surface area contributed by atoms with Crippen LogP contribution in [0.5, 0.6) is 0 Å². The van der Waals surface area contributed by atoms with Crippen LogP contribution < -0.4 is 4.90 Å². The van der Waals surface area contributed by atoms with Gasteiger partial charge in [-0.3, -0.25) is 14.9 Å². The fourth-order valence-electron chi connectivity index (χ4n) is 3.95. The van der Waals surface area contributed by atoms with E-state index in [1.807, 2.05) is 0 Å². The minimum Gasteiger partial charge on any atom is -0.362 e. The Morgan fingerprint density at radius 3 is 2.23 bits per heavy atom. The van der Waals surface area contributed by atoms with Crippen molar-refractivity contribution in [1.82, 2.24) is 9.21 Å². The molecule has 1 saturated heterocycles. The topological polar surface area (TPSA) is 104 Å².